The predicted molar refractivity (Wildman–Crippen MR) is 87.7 cm³/mol. The molecule has 0 atom stereocenters. The van der Waals surface area contributed by atoms with Gasteiger partial charge in [0.1, 0.15) is 5.69 Å². The molecule has 1 N–H and O–H groups in total. The number of halogens is 1. The minimum atomic E-state index is -0.715. The molecule has 24 heavy (non-hydrogen) atoms. The zero-order chi connectivity index (χ0) is 17.9. The van der Waals surface area contributed by atoms with Crippen LogP contribution in [0.2, 0.25) is 5.02 Å². The SMILES string of the molecule is COC(=O)c1c(C)[nH]c(C(=O)OCC(=O)c2ccc(Cl)cc2)c1C. The van der Waals surface area contributed by atoms with Crippen molar-refractivity contribution >= 4 is 29.3 Å². The number of hydrogen-bond donors (Lipinski definition) is 1. The zero-order valence-electron chi connectivity index (χ0n) is 13.4. The fourth-order valence-electron chi connectivity index (χ4n) is 2.28. The van der Waals surface area contributed by atoms with Crippen LogP contribution in [-0.4, -0.2) is 36.4 Å². The Morgan fingerprint density at radius 2 is 1.71 bits per heavy atom. The molecular weight excluding hydrogens is 334 g/mol. The van der Waals surface area contributed by atoms with Crippen LogP contribution in [0.15, 0.2) is 24.3 Å². The summed E-state index contributed by atoms with van der Waals surface area (Å²) in [4.78, 5) is 38.7. The number of aromatic nitrogens is 1. The van der Waals surface area contributed by atoms with Gasteiger partial charge in [0.25, 0.3) is 0 Å². The van der Waals surface area contributed by atoms with E-state index in [9.17, 15) is 14.4 Å². The summed E-state index contributed by atoms with van der Waals surface area (Å²) in [6.45, 7) is 2.84. The summed E-state index contributed by atoms with van der Waals surface area (Å²) >= 11 is 5.76. The number of aryl methyl sites for hydroxylation is 1. The van der Waals surface area contributed by atoms with Crippen molar-refractivity contribution in [3.63, 3.8) is 0 Å². The normalized spacial score (nSPS) is 10.3. The first-order valence-electron chi connectivity index (χ1n) is 7.08. The van der Waals surface area contributed by atoms with E-state index in [4.69, 9.17) is 16.3 Å². The minimum Gasteiger partial charge on any atom is -0.465 e. The van der Waals surface area contributed by atoms with Crippen LogP contribution in [0.5, 0.6) is 0 Å². The van der Waals surface area contributed by atoms with Gasteiger partial charge in [0.15, 0.2) is 12.4 Å². The predicted octanol–water partition coefficient (Wildman–Crippen LogP) is 3.11. The molecule has 0 saturated heterocycles. The lowest BCUT2D eigenvalue weighted by atomic mass is 10.1. The molecule has 0 unspecified atom stereocenters. The van der Waals surface area contributed by atoms with Crippen LogP contribution in [0.3, 0.4) is 0 Å². The fourth-order valence-corrected chi connectivity index (χ4v) is 2.41. The maximum atomic E-state index is 12.2. The maximum absolute atomic E-state index is 12.2. The third kappa shape index (κ3) is 3.65. The first kappa shape index (κ1) is 17.7. The highest BCUT2D eigenvalue weighted by Gasteiger charge is 2.23. The summed E-state index contributed by atoms with van der Waals surface area (Å²) in [6, 6.07) is 6.27. The zero-order valence-corrected chi connectivity index (χ0v) is 14.2. The van der Waals surface area contributed by atoms with E-state index >= 15 is 0 Å². The number of hydrogen-bond acceptors (Lipinski definition) is 5. The van der Waals surface area contributed by atoms with Gasteiger partial charge < -0.3 is 14.5 Å². The monoisotopic (exact) mass is 349 g/mol. The van der Waals surface area contributed by atoms with Gasteiger partial charge >= 0.3 is 11.9 Å². The van der Waals surface area contributed by atoms with Crippen molar-refractivity contribution in [3.8, 4) is 0 Å². The Kier molecular flexibility index (Phi) is 5.41. The van der Waals surface area contributed by atoms with Crippen molar-refractivity contribution in [1.29, 1.82) is 0 Å². The largest absolute Gasteiger partial charge is 0.465 e. The number of nitrogens with one attached hydrogen (secondary N) is 1. The van der Waals surface area contributed by atoms with Crippen LogP contribution in [0.4, 0.5) is 0 Å². The van der Waals surface area contributed by atoms with Crippen LogP contribution in [0.25, 0.3) is 0 Å². The van der Waals surface area contributed by atoms with E-state index in [2.05, 4.69) is 9.72 Å². The molecular formula is C17H16ClNO5. The molecule has 7 heteroatoms. The Balaban J connectivity index is 2.09. The Hall–Kier alpha value is -2.60. The maximum Gasteiger partial charge on any atom is 0.355 e. The van der Waals surface area contributed by atoms with Crippen LogP contribution in [0, 0.1) is 13.8 Å². The van der Waals surface area contributed by atoms with Crippen molar-refractivity contribution < 1.29 is 23.9 Å². The van der Waals surface area contributed by atoms with E-state index in [0.29, 0.717) is 21.8 Å². The van der Waals surface area contributed by atoms with Crippen molar-refractivity contribution in [2.75, 3.05) is 13.7 Å². The number of aromatic amines is 1. The van der Waals surface area contributed by atoms with Gasteiger partial charge in [0.2, 0.25) is 0 Å². The number of benzene rings is 1. The molecule has 1 aromatic carbocycles. The van der Waals surface area contributed by atoms with E-state index < -0.39 is 18.5 Å². The summed E-state index contributed by atoms with van der Waals surface area (Å²) in [5, 5.41) is 0.511. The molecule has 6 nitrogen and oxygen atoms in total. The molecule has 0 aliphatic heterocycles. The number of methoxy groups -OCH3 is 1. The topological polar surface area (TPSA) is 85.5 Å². The number of esters is 2. The first-order chi connectivity index (χ1) is 11.3. The minimum absolute atomic E-state index is 0.122. The third-order valence-corrected chi connectivity index (χ3v) is 3.78. The summed E-state index contributed by atoms with van der Waals surface area (Å²) in [5.41, 5.74) is 1.71. The van der Waals surface area contributed by atoms with Crippen molar-refractivity contribution in [3.05, 3.63) is 57.4 Å². The van der Waals surface area contributed by atoms with Gasteiger partial charge in [-0.05, 0) is 43.7 Å². The van der Waals surface area contributed by atoms with Gasteiger partial charge in [0.05, 0.1) is 12.7 Å². The fraction of sp³-hybridized carbons (Fsp3) is 0.235. The van der Waals surface area contributed by atoms with Crippen LogP contribution in [-0.2, 0) is 9.47 Å². The summed E-state index contributed by atoms with van der Waals surface area (Å²) < 4.78 is 9.71. The Morgan fingerprint density at radius 1 is 1.08 bits per heavy atom. The average molecular weight is 350 g/mol. The van der Waals surface area contributed by atoms with Gasteiger partial charge in [0, 0.05) is 16.3 Å². The van der Waals surface area contributed by atoms with E-state index in [0.717, 1.165) is 0 Å². The van der Waals surface area contributed by atoms with Gasteiger partial charge in [-0.25, -0.2) is 9.59 Å². The highest BCUT2D eigenvalue weighted by molar-refractivity contribution is 6.30. The lowest BCUT2D eigenvalue weighted by molar-refractivity contribution is 0.0468. The quantitative estimate of drug-likeness (QED) is 0.662. The van der Waals surface area contributed by atoms with Gasteiger partial charge in [-0.15, -0.1) is 0 Å². The molecule has 0 spiro atoms. The molecule has 0 saturated carbocycles. The van der Waals surface area contributed by atoms with Crippen LogP contribution >= 0.6 is 11.6 Å². The number of ether oxygens (including phenoxy) is 2. The lowest BCUT2D eigenvalue weighted by Gasteiger charge is -2.04. The number of H-pyrrole nitrogens is 1. The Labute approximate surface area is 143 Å². The molecule has 0 bridgehead atoms. The molecule has 126 valence electrons. The molecule has 0 aliphatic carbocycles. The second-order valence-corrected chi connectivity index (χ2v) is 5.56. The summed E-state index contributed by atoms with van der Waals surface area (Å²) in [5.74, 6) is -1.61. The van der Waals surface area contributed by atoms with E-state index in [-0.39, 0.29) is 17.0 Å². The molecule has 1 heterocycles. The second kappa shape index (κ2) is 7.31. The van der Waals surface area contributed by atoms with Crippen LogP contribution < -0.4 is 0 Å². The van der Waals surface area contributed by atoms with Gasteiger partial charge in [-0.3, -0.25) is 4.79 Å². The molecule has 2 rings (SSSR count). The number of carbonyl (C=O) groups is 3. The van der Waals surface area contributed by atoms with Crippen molar-refractivity contribution in [2.24, 2.45) is 0 Å². The third-order valence-electron chi connectivity index (χ3n) is 3.53. The molecule has 0 aliphatic rings. The molecule has 0 fully saturated rings. The summed E-state index contributed by atoms with van der Waals surface area (Å²) in [6.07, 6.45) is 0. The van der Waals surface area contributed by atoms with Gasteiger partial charge in [-0.2, -0.15) is 0 Å². The molecule has 1 aromatic heterocycles. The number of rotatable bonds is 5. The van der Waals surface area contributed by atoms with Gasteiger partial charge in [-0.1, -0.05) is 11.6 Å². The van der Waals surface area contributed by atoms with E-state index in [1.54, 1.807) is 38.1 Å². The summed E-state index contributed by atoms with van der Waals surface area (Å²) in [7, 11) is 1.26. The first-order valence-corrected chi connectivity index (χ1v) is 7.46. The highest BCUT2D eigenvalue weighted by atomic mass is 35.5. The Bertz CT molecular complexity index is 792. The average Bonchev–Trinajstić information content (AvgIpc) is 2.87. The van der Waals surface area contributed by atoms with Crippen molar-refractivity contribution in [2.45, 2.75) is 13.8 Å². The lowest BCUT2D eigenvalue weighted by Crippen LogP contribution is -2.15. The van der Waals surface area contributed by atoms with E-state index in [1.807, 2.05) is 0 Å². The van der Waals surface area contributed by atoms with E-state index in [1.165, 1.54) is 7.11 Å². The highest BCUT2D eigenvalue weighted by Crippen LogP contribution is 2.19. The number of carbonyl (C=O) groups excluding carboxylic acids is 3. The molecule has 0 amide bonds. The second-order valence-electron chi connectivity index (χ2n) is 5.12. The Morgan fingerprint density at radius 3 is 2.29 bits per heavy atom. The van der Waals surface area contributed by atoms with Crippen LogP contribution in [0.1, 0.15) is 42.5 Å². The number of Topliss-reactive ketones (excluding diaryl/α,β-unsaturated/α-hetero) is 1. The molecule has 2 aromatic rings. The van der Waals surface area contributed by atoms with Crippen molar-refractivity contribution in [1.82, 2.24) is 4.98 Å². The smallest absolute Gasteiger partial charge is 0.355 e. The molecule has 0 radical (unpaired) electrons. The standard InChI is InChI=1S/C17H16ClNO5/c1-9-14(16(21)23-3)10(2)19-15(9)17(22)24-8-13(20)11-4-6-12(18)7-5-11/h4-7,19H,8H2,1-3H3. The number of ketones is 1.